The summed E-state index contributed by atoms with van der Waals surface area (Å²) in [5.41, 5.74) is 0.669. The van der Waals surface area contributed by atoms with E-state index in [4.69, 9.17) is 10.00 Å². The van der Waals surface area contributed by atoms with Crippen molar-refractivity contribution in [3.05, 3.63) is 58.3 Å². The number of ether oxygens (including phenoxy) is 1. The summed E-state index contributed by atoms with van der Waals surface area (Å²) in [6, 6.07) is 12.4. The van der Waals surface area contributed by atoms with Gasteiger partial charge in [-0.05, 0) is 36.4 Å². The molecule has 0 aromatic heterocycles. The molecule has 0 fully saturated rings. The van der Waals surface area contributed by atoms with E-state index < -0.39 is 11.7 Å². The molecular weight excluding hydrogens is 339 g/mol. The largest absolute Gasteiger partial charge is 0.482 e. The molecule has 1 amide bonds. The highest BCUT2D eigenvalue weighted by Gasteiger charge is 2.08. The van der Waals surface area contributed by atoms with Crippen LogP contribution in [0, 0.1) is 17.1 Å². The molecule has 2 aromatic carbocycles. The SMILES string of the molecule is N#Cc1cc(Br)ccc1OCC(=O)Nc1cccc(F)c1. The Bertz CT molecular complexity index is 713. The van der Waals surface area contributed by atoms with Crippen molar-refractivity contribution in [1.82, 2.24) is 0 Å². The predicted molar refractivity (Wildman–Crippen MR) is 79.4 cm³/mol. The van der Waals surface area contributed by atoms with Crippen LogP contribution in [0.15, 0.2) is 46.9 Å². The second-order valence-corrected chi connectivity index (χ2v) is 5.02. The van der Waals surface area contributed by atoms with Crippen molar-refractivity contribution in [2.45, 2.75) is 0 Å². The lowest BCUT2D eigenvalue weighted by Crippen LogP contribution is -2.20. The molecule has 0 saturated heterocycles. The molecule has 2 rings (SSSR count). The molecule has 0 unspecified atom stereocenters. The molecule has 4 nitrogen and oxygen atoms in total. The van der Waals surface area contributed by atoms with E-state index in [-0.39, 0.29) is 6.61 Å². The number of benzene rings is 2. The average Bonchev–Trinajstić information content (AvgIpc) is 2.45. The highest BCUT2D eigenvalue weighted by atomic mass is 79.9. The first-order chi connectivity index (χ1) is 10.1. The Morgan fingerprint density at radius 3 is 2.86 bits per heavy atom. The number of hydrogen-bond acceptors (Lipinski definition) is 3. The van der Waals surface area contributed by atoms with E-state index in [9.17, 15) is 9.18 Å². The van der Waals surface area contributed by atoms with Crippen LogP contribution in [-0.2, 0) is 4.79 Å². The molecule has 6 heteroatoms. The van der Waals surface area contributed by atoms with Gasteiger partial charge in [-0.25, -0.2) is 4.39 Å². The molecule has 0 aliphatic heterocycles. The fraction of sp³-hybridized carbons (Fsp3) is 0.0667. The van der Waals surface area contributed by atoms with Crippen LogP contribution in [-0.4, -0.2) is 12.5 Å². The first-order valence-corrected chi connectivity index (χ1v) is 6.75. The van der Waals surface area contributed by atoms with Crippen molar-refractivity contribution in [1.29, 1.82) is 5.26 Å². The number of carbonyl (C=O) groups excluding carboxylic acids is 1. The van der Waals surface area contributed by atoms with E-state index in [1.807, 2.05) is 6.07 Å². The number of hydrogen-bond donors (Lipinski definition) is 1. The third kappa shape index (κ3) is 4.29. The van der Waals surface area contributed by atoms with Gasteiger partial charge in [0.15, 0.2) is 6.61 Å². The molecule has 0 radical (unpaired) electrons. The summed E-state index contributed by atoms with van der Waals surface area (Å²) in [6.07, 6.45) is 0. The number of anilines is 1. The van der Waals surface area contributed by atoms with Gasteiger partial charge in [-0.2, -0.15) is 5.26 Å². The Morgan fingerprint density at radius 1 is 1.33 bits per heavy atom. The van der Waals surface area contributed by atoms with E-state index in [0.29, 0.717) is 17.0 Å². The number of nitrogens with one attached hydrogen (secondary N) is 1. The van der Waals surface area contributed by atoms with E-state index >= 15 is 0 Å². The maximum absolute atomic E-state index is 13.0. The summed E-state index contributed by atoms with van der Waals surface area (Å²) in [4.78, 5) is 11.7. The maximum Gasteiger partial charge on any atom is 0.262 e. The third-order valence-corrected chi connectivity index (χ3v) is 3.02. The standard InChI is InChI=1S/C15H10BrFN2O2/c16-11-4-5-14(10(6-11)8-18)21-9-15(20)19-13-3-1-2-12(17)7-13/h1-7H,9H2,(H,19,20). The molecule has 2 aromatic rings. The molecule has 0 aliphatic rings. The zero-order valence-electron chi connectivity index (χ0n) is 10.8. The molecule has 0 heterocycles. The normalized spacial score (nSPS) is 9.76. The molecule has 0 bridgehead atoms. The number of amides is 1. The second-order valence-electron chi connectivity index (χ2n) is 4.10. The van der Waals surface area contributed by atoms with Gasteiger partial charge in [-0.1, -0.05) is 22.0 Å². The Hall–Kier alpha value is -2.39. The Morgan fingerprint density at radius 2 is 2.14 bits per heavy atom. The van der Waals surface area contributed by atoms with E-state index in [1.165, 1.54) is 18.2 Å². The molecule has 0 atom stereocenters. The first kappa shape index (κ1) is 15.0. The van der Waals surface area contributed by atoms with Gasteiger partial charge in [0, 0.05) is 10.2 Å². The summed E-state index contributed by atoms with van der Waals surface area (Å²) in [5, 5.41) is 11.5. The van der Waals surface area contributed by atoms with Crippen molar-refractivity contribution in [2.24, 2.45) is 0 Å². The molecule has 1 N–H and O–H groups in total. The van der Waals surface area contributed by atoms with Crippen LogP contribution in [0.4, 0.5) is 10.1 Å². The van der Waals surface area contributed by atoms with Crippen LogP contribution >= 0.6 is 15.9 Å². The van der Waals surface area contributed by atoms with E-state index in [1.54, 1.807) is 24.3 Å². The molecule has 0 spiro atoms. The minimum atomic E-state index is -0.438. The average molecular weight is 349 g/mol. The van der Waals surface area contributed by atoms with Crippen LogP contribution in [0.2, 0.25) is 0 Å². The van der Waals surface area contributed by atoms with Crippen molar-refractivity contribution in [3.63, 3.8) is 0 Å². The van der Waals surface area contributed by atoms with Crippen LogP contribution in [0.5, 0.6) is 5.75 Å². The number of nitrogens with zero attached hydrogens (tertiary/aromatic N) is 1. The van der Waals surface area contributed by atoms with Gasteiger partial charge in [0.2, 0.25) is 0 Å². The molecular formula is C15H10BrFN2O2. The van der Waals surface area contributed by atoms with Gasteiger partial charge in [0.1, 0.15) is 17.6 Å². The highest BCUT2D eigenvalue weighted by molar-refractivity contribution is 9.10. The van der Waals surface area contributed by atoms with Crippen LogP contribution in [0.1, 0.15) is 5.56 Å². The van der Waals surface area contributed by atoms with Crippen LogP contribution in [0.25, 0.3) is 0 Å². The van der Waals surface area contributed by atoms with Crippen molar-refractivity contribution >= 4 is 27.5 Å². The number of rotatable bonds is 4. The summed E-state index contributed by atoms with van der Waals surface area (Å²) in [7, 11) is 0. The Kier molecular flexibility index (Phi) is 4.90. The lowest BCUT2D eigenvalue weighted by Gasteiger charge is -2.09. The molecule has 106 valence electrons. The topological polar surface area (TPSA) is 62.1 Å². The summed E-state index contributed by atoms with van der Waals surface area (Å²) in [5.74, 6) is -0.559. The number of carbonyl (C=O) groups is 1. The first-order valence-electron chi connectivity index (χ1n) is 5.96. The van der Waals surface area contributed by atoms with Crippen LogP contribution < -0.4 is 10.1 Å². The lowest BCUT2D eigenvalue weighted by molar-refractivity contribution is -0.118. The molecule has 0 aliphatic carbocycles. The van der Waals surface area contributed by atoms with Gasteiger partial charge in [0.25, 0.3) is 5.91 Å². The van der Waals surface area contributed by atoms with Gasteiger partial charge in [-0.3, -0.25) is 4.79 Å². The smallest absolute Gasteiger partial charge is 0.262 e. The summed E-state index contributed by atoms with van der Waals surface area (Å²) in [6.45, 7) is -0.271. The van der Waals surface area contributed by atoms with Gasteiger partial charge < -0.3 is 10.1 Å². The monoisotopic (exact) mass is 348 g/mol. The summed E-state index contributed by atoms with van der Waals surface area (Å²) >= 11 is 3.25. The summed E-state index contributed by atoms with van der Waals surface area (Å²) < 4.78 is 19.0. The van der Waals surface area contributed by atoms with E-state index in [2.05, 4.69) is 21.2 Å². The minimum Gasteiger partial charge on any atom is -0.482 e. The van der Waals surface area contributed by atoms with Crippen molar-refractivity contribution in [3.8, 4) is 11.8 Å². The van der Waals surface area contributed by atoms with E-state index in [0.717, 1.165) is 4.47 Å². The quantitative estimate of drug-likeness (QED) is 0.919. The predicted octanol–water partition coefficient (Wildman–Crippen LogP) is 3.48. The highest BCUT2D eigenvalue weighted by Crippen LogP contribution is 2.22. The zero-order chi connectivity index (χ0) is 15.2. The fourth-order valence-electron chi connectivity index (χ4n) is 1.62. The van der Waals surface area contributed by atoms with Gasteiger partial charge in [-0.15, -0.1) is 0 Å². The van der Waals surface area contributed by atoms with Gasteiger partial charge >= 0.3 is 0 Å². The fourth-order valence-corrected chi connectivity index (χ4v) is 1.98. The molecule has 21 heavy (non-hydrogen) atoms. The molecule has 0 saturated carbocycles. The third-order valence-electron chi connectivity index (χ3n) is 2.53. The zero-order valence-corrected chi connectivity index (χ0v) is 12.4. The van der Waals surface area contributed by atoms with Crippen molar-refractivity contribution in [2.75, 3.05) is 11.9 Å². The maximum atomic E-state index is 13.0. The lowest BCUT2D eigenvalue weighted by atomic mass is 10.2. The Labute approximate surface area is 129 Å². The number of halogens is 2. The van der Waals surface area contributed by atoms with Crippen molar-refractivity contribution < 1.29 is 13.9 Å². The minimum absolute atomic E-state index is 0.271. The Balaban J connectivity index is 1.97. The second kappa shape index (κ2) is 6.86. The van der Waals surface area contributed by atoms with Crippen LogP contribution in [0.3, 0.4) is 0 Å². The van der Waals surface area contributed by atoms with Gasteiger partial charge in [0.05, 0.1) is 5.56 Å². The number of nitriles is 1.